The number of aryl methyl sites for hydroxylation is 1. The van der Waals surface area contributed by atoms with Gasteiger partial charge >= 0.3 is 0 Å². The zero-order valence-electron chi connectivity index (χ0n) is 9.79. The Morgan fingerprint density at radius 3 is 3.06 bits per heavy atom. The highest BCUT2D eigenvalue weighted by atomic mass is 79.9. The van der Waals surface area contributed by atoms with Gasteiger partial charge in [-0.25, -0.2) is 4.98 Å². The molecule has 90 valence electrons. The van der Waals surface area contributed by atoms with Gasteiger partial charge in [0.05, 0.1) is 15.2 Å². The monoisotopic (exact) mass is 310 g/mol. The van der Waals surface area contributed by atoms with E-state index in [9.17, 15) is 0 Å². The van der Waals surface area contributed by atoms with Gasteiger partial charge in [0.1, 0.15) is 0 Å². The maximum absolute atomic E-state index is 4.70. The van der Waals surface area contributed by atoms with Gasteiger partial charge in [-0.05, 0) is 53.4 Å². The quantitative estimate of drug-likeness (QED) is 0.932. The topological polar surface area (TPSA) is 24.9 Å². The van der Waals surface area contributed by atoms with E-state index < -0.39 is 0 Å². The molecule has 0 amide bonds. The van der Waals surface area contributed by atoms with Gasteiger partial charge in [-0.3, -0.25) is 0 Å². The number of hydrogen-bond acceptors (Lipinski definition) is 3. The maximum atomic E-state index is 4.70. The molecule has 0 radical (unpaired) electrons. The lowest BCUT2D eigenvalue weighted by molar-refractivity contribution is 0.681. The molecule has 17 heavy (non-hydrogen) atoms. The van der Waals surface area contributed by atoms with E-state index in [1.54, 1.807) is 0 Å². The second-order valence-electron chi connectivity index (χ2n) is 4.68. The number of fused-ring (bicyclic) bond motifs is 1. The van der Waals surface area contributed by atoms with Crippen molar-refractivity contribution < 1.29 is 0 Å². The molecule has 0 atom stereocenters. The molecule has 1 fully saturated rings. The summed E-state index contributed by atoms with van der Waals surface area (Å²) in [7, 11) is 0. The number of aromatic nitrogens is 1. The largest absolute Gasteiger partial charge is 0.314 e. The fourth-order valence-corrected chi connectivity index (χ4v) is 3.83. The number of rotatable bonds is 4. The van der Waals surface area contributed by atoms with E-state index in [0.29, 0.717) is 0 Å². The number of hydrogen-bond donors (Lipinski definition) is 1. The van der Waals surface area contributed by atoms with Crippen LogP contribution in [-0.2, 0) is 6.42 Å². The molecule has 3 rings (SSSR count). The predicted molar refractivity (Wildman–Crippen MR) is 76.8 cm³/mol. The van der Waals surface area contributed by atoms with Crippen LogP contribution in [-0.4, -0.2) is 17.6 Å². The van der Waals surface area contributed by atoms with E-state index >= 15 is 0 Å². The molecule has 1 aromatic heterocycles. The molecule has 0 bridgehead atoms. The number of benzene rings is 1. The normalized spacial score (nSPS) is 15.6. The third-order valence-electron chi connectivity index (χ3n) is 2.99. The van der Waals surface area contributed by atoms with Crippen LogP contribution in [0.1, 0.15) is 23.4 Å². The first-order chi connectivity index (χ1) is 8.22. The maximum Gasteiger partial charge on any atom is 0.0957 e. The lowest BCUT2D eigenvalue weighted by Crippen LogP contribution is -2.19. The Morgan fingerprint density at radius 1 is 1.47 bits per heavy atom. The second kappa shape index (κ2) is 4.67. The molecular weight excluding hydrogens is 296 g/mol. The Bertz CT molecular complexity index is 546. The highest BCUT2D eigenvalue weighted by molar-refractivity contribution is 9.10. The van der Waals surface area contributed by atoms with Crippen molar-refractivity contribution in [2.75, 3.05) is 6.54 Å². The molecule has 1 N–H and O–H groups in total. The SMILES string of the molecule is Cc1cc(Br)c2nc(CCNC3CC3)sc2c1. The van der Waals surface area contributed by atoms with Crippen molar-refractivity contribution in [2.24, 2.45) is 0 Å². The molecular formula is C13H15BrN2S. The standard InChI is InChI=1S/C13H15BrN2S/c1-8-6-10(14)13-11(7-8)17-12(16-13)4-5-15-9-2-3-9/h6-7,9,15H,2-5H2,1H3. The van der Waals surface area contributed by atoms with Crippen molar-refractivity contribution in [2.45, 2.75) is 32.2 Å². The fourth-order valence-electron chi connectivity index (χ4n) is 1.94. The van der Waals surface area contributed by atoms with Gasteiger partial charge in [0.15, 0.2) is 0 Å². The summed E-state index contributed by atoms with van der Waals surface area (Å²) in [5.41, 5.74) is 2.40. The number of thiazole rings is 1. The summed E-state index contributed by atoms with van der Waals surface area (Å²) >= 11 is 5.41. The van der Waals surface area contributed by atoms with E-state index in [1.807, 2.05) is 11.3 Å². The van der Waals surface area contributed by atoms with E-state index in [4.69, 9.17) is 4.98 Å². The molecule has 0 unspecified atom stereocenters. The van der Waals surface area contributed by atoms with Crippen molar-refractivity contribution in [1.82, 2.24) is 10.3 Å². The van der Waals surface area contributed by atoms with E-state index in [0.717, 1.165) is 29.0 Å². The van der Waals surface area contributed by atoms with Crippen LogP contribution in [0, 0.1) is 6.92 Å². The molecule has 1 aliphatic carbocycles. The first kappa shape index (κ1) is 11.6. The molecule has 0 saturated heterocycles. The third kappa shape index (κ3) is 2.69. The molecule has 2 aromatic rings. The van der Waals surface area contributed by atoms with Crippen LogP contribution < -0.4 is 5.32 Å². The van der Waals surface area contributed by atoms with Gasteiger partial charge in [-0.1, -0.05) is 0 Å². The van der Waals surface area contributed by atoms with Crippen LogP contribution in [0.2, 0.25) is 0 Å². The molecule has 1 heterocycles. The van der Waals surface area contributed by atoms with Gasteiger partial charge in [0, 0.05) is 23.5 Å². The van der Waals surface area contributed by atoms with Gasteiger partial charge in [0.2, 0.25) is 0 Å². The van der Waals surface area contributed by atoms with Crippen LogP contribution in [0.4, 0.5) is 0 Å². The van der Waals surface area contributed by atoms with E-state index in [2.05, 4.69) is 40.3 Å². The van der Waals surface area contributed by atoms with Crippen LogP contribution in [0.3, 0.4) is 0 Å². The van der Waals surface area contributed by atoms with E-state index in [1.165, 1.54) is 28.1 Å². The predicted octanol–water partition coefficient (Wildman–Crippen LogP) is 3.66. The summed E-state index contributed by atoms with van der Waals surface area (Å²) in [4.78, 5) is 4.70. The smallest absolute Gasteiger partial charge is 0.0957 e. The fraction of sp³-hybridized carbons (Fsp3) is 0.462. The van der Waals surface area contributed by atoms with Crippen LogP contribution in [0.15, 0.2) is 16.6 Å². The van der Waals surface area contributed by atoms with Gasteiger partial charge in [0.25, 0.3) is 0 Å². The number of nitrogens with one attached hydrogen (secondary N) is 1. The minimum Gasteiger partial charge on any atom is -0.314 e. The van der Waals surface area contributed by atoms with Gasteiger partial charge < -0.3 is 5.32 Å². The summed E-state index contributed by atoms with van der Waals surface area (Å²) in [6.45, 7) is 3.18. The number of nitrogens with zero attached hydrogens (tertiary/aromatic N) is 1. The Kier molecular flexibility index (Phi) is 3.19. The molecule has 0 spiro atoms. The van der Waals surface area contributed by atoms with Gasteiger partial charge in [-0.15, -0.1) is 11.3 Å². The summed E-state index contributed by atoms with van der Waals surface area (Å²) in [5.74, 6) is 0. The highest BCUT2D eigenvalue weighted by Crippen LogP contribution is 2.30. The highest BCUT2D eigenvalue weighted by Gasteiger charge is 2.19. The zero-order chi connectivity index (χ0) is 11.8. The third-order valence-corrected chi connectivity index (χ3v) is 4.65. The van der Waals surface area contributed by atoms with Crippen molar-refractivity contribution in [3.05, 3.63) is 27.2 Å². The molecule has 1 aromatic carbocycles. The van der Waals surface area contributed by atoms with Crippen LogP contribution in [0.5, 0.6) is 0 Å². The summed E-state index contributed by atoms with van der Waals surface area (Å²) in [6, 6.07) is 5.14. The molecule has 2 nitrogen and oxygen atoms in total. The van der Waals surface area contributed by atoms with Crippen LogP contribution >= 0.6 is 27.3 Å². The second-order valence-corrected chi connectivity index (χ2v) is 6.65. The number of halogens is 1. The lowest BCUT2D eigenvalue weighted by Gasteiger charge is -1.98. The van der Waals surface area contributed by atoms with E-state index in [-0.39, 0.29) is 0 Å². The van der Waals surface area contributed by atoms with Gasteiger partial charge in [-0.2, -0.15) is 0 Å². The summed E-state index contributed by atoms with van der Waals surface area (Å²) in [6.07, 6.45) is 3.75. The minimum atomic E-state index is 0.790. The summed E-state index contributed by atoms with van der Waals surface area (Å²) < 4.78 is 2.41. The van der Waals surface area contributed by atoms with Crippen LogP contribution in [0.25, 0.3) is 10.2 Å². The molecule has 1 saturated carbocycles. The van der Waals surface area contributed by atoms with Crippen molar-refractivity contribution in [3.8, 4) is 0 Å². The molecule has 1 aliphatic rings. The average Bonchev–Trinajstić information content (AvgIpc) is 2.98. The Morgan fingerprint density at radius 2 is 2.29 bits per heavy atom. The molecule has 4 heteroatoms. The molecule has 0 aliphatic heterocycles. The van der Waals surface area contributed by atoms with Crippen molar-refractivity contribution in [1.29, 1.82) is 0 Å². The Balaban J connectivity index is 1.77. The minimum absolute atomic E-state index is 0.790. The average molecular weight is 311 g/mol. The summed E-state index contributed by atoms with van der Waals surface area (Å²) in [5, 5.41) is 4.77. The Labute approximate surface area is 114 Å². The first-order valence-corrected chi connectivity index (χ1v) is 7.62. The Hall–Kier alpha value is -0.450. The zero-order valence-corrected chi connectivity index (χ0v) is 12.2. The van der Waals surface area contributed by atoms with Crippen molar-refractivity contribution >= 4 is 37.5 Å². The lowest BCUT2D eigenvalue weighted by atomic mass is 10.2. The van der Waals surface area contributed by atoms with Crippen molar-refractivity contribution in [3.63, 3.8) is 0 Å². The first-order valence-electron chi connectivity index (χ1n) is 6.01.